The van der Waals surface area contributed by atoms with Crippen LogP contribution in [-0.4, -0.2) is 49.1 Å². The molecule has 0 radical (unpaired) electrons. The van der Waals surface area contributed by atoms with E-state index in [0.717, 1.165) is 0 Å². The van der Waals surface area contributed by atoms with E-state index in [1.165, 1.54) is 13.0 Å². The molecule has 0 aromatic heterocycles. The van der Waals surface area contributed by atoms with Crippen molar-refractivity contribution in [2.24, 2.45) is 0 Å². The van der Waals surface area contributed by atoms with Crippen molar-refractivity contribution in [2.75, 3.05) is 31.1 Å². The molecule has 1 atom stereocenters. The molecule has 0 bridgehead atoms. The highest BCUT2D eigenvalue weighted by molar-refractivity contribution is 5.94. The Balaban J connectivity index is 2.10. The van der Waals surface area contributed by atoms with Gasteiger partial charge in [-0.2, -0.15) is 0 Å². The number of halogens is 1. The Kier molecular flexibility index (Phi) is 5.00. The molecule has 1 aromatic carbocycles. The summed E-state index contributed by atoms with van der Waals surface area (Å²) >= 11 is 0. The maximum absolute atomic E-state index is 14.2. The molecule has 1 saturated heterocycles. The number of ketones is 1. The summed E-state index contributed by atoms with van der Waals surface area (Å²) in [7, 11) is 0. The lowest BCUT2D eigenvalue weighted by Gasteiger charge is -2.40. The molecule has 5 nitrogen and oxygen atoms in total. The number of nitrogens with zero attached hydrogens (tertiary/aromatic N) is 2. The highest BCUT2D eigenvalue weighted by atomic mass is 19.1. The normalized spacial score (nSPS) is 18.3. The Morgan fingerprint density at radius 3 is 2.64 bits per heavy atom. The molecule has 1 aliphatic rings. The minimum absolute atomic E-state index is 0.0697. The van der Waals surface area contributed by atoms with Crippen molar-refractivity contribution in [1.29, 1.82) is 0 Å². The van der Waals surface area contributed by atoms with Crippen molar-refractivity contribution < 1.29 is 18.7 Å². The van der Waals surface area contributed by atoms with Crippen LogP contribution >= 0.6 is 0 Å². The largest absolute Gasteiger partial charge is 0.450 e. The van der Waals surface area contributed by atoms with Gasteiger partial charge < -0.3 is 14.5 Å². The number of carbonyl (C=O) groups excluding carboxylic acids is 2. The van der Waals surface area contributed by atoms with Crippen LogP contribution in [0.4, 0.5) is 14.9 Å². The fourth-order valence-corrected chi connectivity index (χ4v) is 2.64. The number of hydrogen-bond acceptors (Lipinski definition) is 4. The number of ether oxygens (including phenoxy) is 1. The van der Waals surface area contributed by atoms with Gasteiger partial charge in [-0.05, 0) is 39.0 Å². The molecule has 2 rings (SSSR count). The molecule has 6 heteroatoms. The number of carbonyl (C=O) groups is 2. The van der Waals surface area contributed by atoms with Gasteiger partial charge in [0.05, 0.1) is 12.3 Å². The maximum atomic E-state index is 14.2. The van der Waals surface area contributed by atoms with Gasteiger partial charge in [-0.15, -0.1) is 0 Å². The molecule has 22 heavy (non-hydrogen) atoms. The summed E-state index contributed by atoms with van der Waals surface area (Å²) in [4.78, 5) is 26.6. The van der Waals surface area contributed by atoms with E-state index in [9.17, 15) is 14.0 Å². The first-order valence-electron chi connectivity index (χ1n) is 7.42. The molecule has 1 fully saturated rings. The summed E-state index contributed by atoms with van der Waals surface area (Å²) in [6.07, 6.45) is -0.331. The zero-order chi connectivity index (χ0) is 16.3. The van der Waals surface area contributed by atoms with Crippen molar-refractivity contribution in [1.82, 2.24) is 4.90 Å². The number of Topliss-reactive ketones (excluding diaryl/α,β-unsaturated/α-hetero) is 1. The van der Waals surface area contributed by atoms with Crippen LogP contribution in [0.1, 0.15) is 31.1 Å². The van der Waals surface area contributed by atoms with E-state index >= 15 is 0 Å². The van der Waals surface area contributed by atoms with Gasteiger partial charge in [0.15, 0.2) is 5.78 Å². The van der Waals surface area contributed by atoms with Gasteiger partial charge in [0, 0.05) is 31.2 Å². The van der Waals surface area contributed by atoms with Crippen molar-refractivity contribution >= 4 is 17.6 Å². The van der Waals surface area contributed by atoms with Crippen LogP contribution in [0.2, 0.25) is 0 Å². The molecule has 1 aliphatic heterocycles. The van der Waals surface area contributed by atoms with Crippen molar-refractivity contribution in [3.63, 3.8) is 0 Å². The van der Waals surface area contributed by atoms with Crippen LogP contribution in [-0.2, 0) is 4.74 Å². The maximum Gasteiger partial charge on any atom is 0.410 e. The fraction of sp³-hybridized carbons (Fsp3) is 0.500. The van der Waals surface area contributed by atoms with Gasteiger partial charge in [0.2, 0.25) is 0 Å². The zero-order valence-electron chi connectivity index (χ0n) is 13.1. The lowest BCUT2D eigenvalue weighted by molar-refractivity contribution is 0.0890. The number of piperazine rings is 1. The molecule has 0 aliphatic carbocycles. The number of hydrogen-bond donors (Lipinski definition) is 0. The first-order valence-corrected chi connectivity index (χ1v) is 7.42. The van der Waals surface area contributed by atoms with E-state index in [0.29, 0.717) is 37.5 Å². The second kappa shape index (κ2) is 6.77. The summed E-state index contributed by atoms with van der Waals surface area (Å²) in [6.45, 7) is 6.96. The molecule has 1 heterocycles. The van der Waals surface area contributed by atoms with Crippen LogP contribution in [0, 0.1) is 5.82 Å². The van der Waals surface area contributed by atoms with Gasteiger partial charge in [-0.25, -0.2) is 9.18 Å². The van der Waals surface area contributed by atoms with E-state index in [4.69, 9.17) is 4.74 Å². The number of rotatable bonds is 3. The second-order valence-electron chi connectivity index (χ2n) is 5.41. The average molecular weight is 308 g/mol. The van der Waals surface area contributed by atoms with Gasteiger partial charge in [-0.3, -0.25) is 4.79 Å². The van der Waals surface area contributed by atoms with Gasteiger partial charge in [0.25, 0.3) is 0 Å². The van der Waals surface area contributed by atoms with E-state index in [1.54, 1.807) is 24.0 Å². The van der Waals surface area contributed by atoms with Gasteiger partial charge in [0.1, 0.15) is 5.82 Å². The minimum Gasteiger partial charge on any atom is -0.450 e. The lowest BCUT2D eigenvalue weighted by Crippen LogP contribution is -2.54. The molecule has 120 valence electrons. The zero-order valence-corrected chi connectivity index (χ0v) is 13.1. The van der Waals surface area contributed by atoms with Gasteiger partial charge in [-0.1, -0.05) is 0 Å². The molecule has 0 saturated carbocycles. The van der Waals surface area contributed by atoms with Crippen LogP contribution in [0.15, 0.2) is 18.2 Å². The summed E-state index contributed by atoms with van der Waals surface area (Å²) in [5.74, 6) is -0.574. The quantitative estimate of drug-likeness (QED) is 0.806. The van der Waals surface area contributed by atoms with Crippen molar-refractivity contribution in [3.05, 3.63) is 29.6 Å². The van der Waals surface area contributed by atoms with Crippen molar-refractivity contribution in [2.45, 2.75) is 26.8 Å². The van der Waals surface area contributed by atoms with E-state index in [1.807, 2.05) is 11.8 Å². The van der Waals surface area contributed by atoms with E-state index in [-0.39, 0.29) is 17.9 Å². The molecule has 0 spiro atoms. The third-order valence-electron chi connectivity index (χ3n) is 3.82. The van der Waals surface area contributed by atoms with Crippen LogP contribution in [0.25, 0.3) is 0 Å². The Morgan fingerprint density at radius 2 is 2.09 bits per heavy atom. The average Bonchev–Trinajstić information content (AvgIpc) is 2.47. The SMILES string of the molecule is CCOC(=O)N1CCN(c2ccc(C(C)=O)cc2F)C[C@H]1C. The Hall–Kier alpha value is -2.11. The Bertz CT molecular complexity index is 577. The van der Waals surface area contributed by atoms with Crippen LogP contribution in [0.5, 0.6) is 0 Å². The topological polar surface area (TPSA) is 49.9 Å². The molecule has 1 aromatic rings. The highest BCUT2D eigenvalue weighted by Crippen LogP contribution is 2.24. The second-order valence-corrected chi connectivity index (χ2v) is 5.41. The third-order valence-corrected chi connectivity index (χ3v) is 3.82. The van der Waals surface area contributed by atoms with E-state index < -0.39 is 5.82 Å². The summed E-state index contributed by atoms with van der Waals surface area (Å²) in [5.41, 5.74) is 0.819. The summed E-state index contributed by atoms with van der Waals surface area (Å²) in [6, 6.07) is 4.45. The minimum atomic E-state index is -0.413. The summed E-state index contributed by atoms with van der Waals surface area (Å²) in [5, 5.41) is 0. The molecule has 0 N–H and O–H groups in total. The predicted octanol–water partition coefficient (Wildman–Crippen LogP) is 2.70. The highest BCUT2D eigenvalue weighted by Gasteiger charge is 2.29. The first-order chi connectivity index (χ1) is 10.4. The standard InChI is InChI=1S/C16H21FN2O3/c1-4-22-16(21)19-8-7-18(10-11(19)2)15-6-5-13(12(3)20)9-14(15)17/h5-6,9,11H,4,7-8,10H2,1-3H3/t11-/m1/s1. The molecule has 0 unspecified atom stereocenters. The predicted molar refractivity (Wildman–Crippen MR) is 81.8 cm³/mol. The van der Waals surface area contributed by atoms with Crippen LogP contribution < -0.4 is 4.90 Å². The van der Waals surface area contributed by atoms with E-state index in [2.05, 4.69) is 0 Å². The molecule has 1 amide bonds. The summed E-state index contributed by atoms with van der Waals surface area (Å²) < 4.78 is 19.2. The first kappa shape index (κ1) is 16.3. The van der Waals surface area contributed by atoms with Crippen LogP contribution in [0.3, 0.4) is 0 Å². The fourth-order valence-electron chi connectivity index (χ4n) is 2.64. The monoisotopic (exact) mass is 308 g/mol. The van der Waals surface area contributed by atoms with Gasteiger partial charge >= 0.3 is 6.09 Å². The Labute approximate surface area is 129 Å². The number of benzene rings is 1. The molecular formula is C16H21FN2O3. The Morgan fingerprint density at radius 1 is 1.36 bits per heavy atom. The number of amides is 1. The lowest BCUT2D eigenvalue weighted by atomic mass is 10.1. The third kappa shape index (κ3) is 3.37. The smallest absolute Gasteiger partial charge is 0.410 e. The number of anilines is 1. The van der Waals surface area contributed by atoms with Crippen molar-refractivity contribution in [3.8, 4) is 0 Å². The molecular weight excluding hydrogens is 287 g/mol.